The number of imidazole rings is 1. The Hall–Kier alpha value is -3.41. The van der Waals surface area contributed by atoms with E-state index in [9.17, 15) is 9.90 Å². The molecule has 5 rings (SSSR count). The topological polar surface area (TPSA) is 77.2 Å². The fraction of sp³-hybridized carbons (Fsp3) is 0.227. The van der Waals surface area contributed by atoms with Crippen LogP contribution in [0.5, 0.6) is 6.01 Å². The summed E-state index contributed by atoms with van der Waals surface area (Å²) in [6.07, 6.45) is 3.10. The molecule has 0 saturated heterocycles. The molecule has 0 amide bonds. The second-order valence-corrected chi connectivity index (χ2v) is 7.17. The van der Waals surface area contributed by atoms with Gasteiger partial charge in [-0.1, -0.05) is 30.3 Å². The van der Waals surface area contributed by atoms with Crippen LogP contribution in [0.15, 0.2) is 54.7 Å². The van der Waals surface area contributed by atoms with Crippen molar-refractivity contribution in [2.45, 2.75) is 31.8 Å². The molecule has 28 heavy (non-hydrogen) atoms. The molecule has 2 aromatic heterocycles. The zero-order chi connectivity index (χ0) is 19.3. The van der Waals surface area contributed by atoms with E-state index in [0.29, 0.717) is 11.6 Å². The molecule has 1 saturated carbocycles. The first-order chi connectivity index (χ1) is 13.6. The Labute approximate surface area is 161 Å². The van der Waals surface area contributed by atoms with E-state index in [1.54, 1.807) is 6.20 Å². The standard InChI is InChI=1S/C22H19N3O3/c1-13(21(26)27)28-22-24-20-19(7-4-12-23-20)25(22)18-11-10-15(14-8-9-14)16-5-2-3-6-17(16)18/h2-7,10-14H,8-9H2,1H3,(H,26,27). The number of hydrogen-bond donors (Lipinski definition) is 1. The van der Waals surface area contributed by atoms with Gasteiger partial charge in [-0.15, -0.1) is 0 Å². The molecule has 2 aromatic carbocycles. The minimum Gasteiger partial charge on any atom is -0.479 e. The number of nitrogens with zero attached hydrogens (tertiary/aromatic N) is 3. The van der Waals surface area contributed by atoms with Crippen LogP contribution in [0.25, 0.3) is 27.6 Å². The Morgan fingerprint density at radius 1 is 1.14 bits per heavy atom. The van der Waals surface area contributed by atoms with Gasteiger partial charge in [0.1, 0.15) is 0 Å². The zero-order valence-electron chi connectivity index (χ0n) is 15.4. The summed E-state index contributed by atoms with van der Waals surface area (Å²) in [6.45, 7) is 1.49. The first-order valence-electron chi connectivity index (χ1n) is 9.38. The van der Waals surface area contributed by atoms with Crippen LogP contribution >= 0.6 is 0 Å². The number of fused-ring (bicyclic) bond motifs is 2. The van der Waals surface area contributed by atoms with E-state index in [1.165, 1.54) is 30.7 Å². The van der Waals surface area contributed by atoms with E-state index < -0.39 is 12.1 Å². The lowest BCUT2D eigenvalue weighted by Gasteiger charge is -2.16. The summed E-state index contributed by atoms with van der Waals surface area (Å²) < 4.78 is 7.56. The second-order valence-electron chi connectivity index (χ2n) is 7.17. The summed E-state index contributed by atoms with van der Waals surface area (Å²) in [4.78, 5) is 20.1. The molecule has 1 aliphatic rings. The maximum absolute atomic E-state index is 11.3. The summed E-state index contributed by atoms with van der Waals surface area (Å²) in [5.41, 5.74) is 3.57. The van der Waals surface area contributed by atoms with Crippen LogP contribution in [0.4, 0.5) is 0 Å². The van der Waals surface area contributed by atoms with Gasteiger partial charge in [0.05, 0.1) is 11.2 Å². The number of benzene rings is 2. The highest BCUT2D eigenvalue weighted by Crippen LogP contribution is 2.44. The molecule has 1 N–H and O–H groups in total. The fourth-order valence-electron chi connectivity index (χ4n) is 3.66. The van der Waals surface area contributed by atoms with Gasteiger partial charge in [-0.3, -0.25) is 4.57 Å². The molecule has 6 nitrogen and oxygen atoms in total. The molecule has 0 aliphatic heterocycles. The van der Waals surface area contributed by atoms with Crippen LogP contribution in [0.3, 0.4) is 0 Å². The zero-order valence-corrected chi connectivity index (χ0v) is 15.4. The van der Waals surface area contributed by atoms with Crippen molar-refractivity contribution < 1.29 is 14.6 Å². The molecule has 4 aromatic rings. The van der Waals surface area contributed by atoms with Gasteiger partial charge in [0.2, 0.25) is 0 Å². The summed E-state index contributed by atoms with van der Waals surface area (Å²) in [7, 11) is 0. The van der Waals surface area contributed by atoms with Crippen molar-refractivity contribution in [3.05, 3.63) is 60.3 Å². The van der Waals surface area contributed by atoms with Gasteiger partial charge in [-0.25, -0.2) is 9.78 Å². The maximum atomic E-state index is 11.3. The molecule has 0 radical (unpaired) electrons. The van der Waals surface area contributed by atoms with Crippen LogP contribution in [0.1, 0.15) is 31.2 Å². The van der Waals surface area contributed by atoms with Crippen molar-refractivity contribution in [2.24, 2.45) is 0 Å². The highest BCUT2D eigenvalue weighted by atomic mass is 16.5. The number of pyridine rings is 1. The van der Waals surface area contributed by atoms with E-state index >= 15 is 0 Å². The van der Waals surface area contributed by atoms with E-state index in [1.807, 2.05) is 22.8 Å². The lowest BCUT2D eigenvalue weighted by molar-refractivity contribution is -0.144. The molecule has 1 atom stereocenters. The van der Waals surface area contributed by atoms with Crippen molar-refractivity contribution in [3.8, 4) is 11.7 Å². The second kappa shape index (κ2) is 6.34. The smallest absolute Gasteiger partial charge is 0.344 e. The quantitative estimate of drug-likeness (QED) is 0.564. The Kier molecular flexibility index (Phi) is 3.79. The predicted molar refractivity (Wildman–Crippen MR) is 106 cm³/mol. The highest BCUT2D eigenvalue weighted by molar-refractivity contribution is 5.95. The van der Waals surface area contributed by atoms with Gasteiger partial charge in [0, 0.05) is 11.6 Å². The average Bonchev–Trinajstić information content (AvgIpc) is 3.48. The van der Waals surface area contributed by atoms with Gasteiger partial charge in [-0.2, -0.15) is 4.98 Å². The normalized spacial score (nSPS) is 15.0. The lowest BCUT2D eigenvalue weighted by atomic mass is 9.99. The molecule has 140 valence electrons. The van der Waals surface area contributed by atoms with Crippen LogP contribution in [0.2, 0.25) is 0 Å². The number of carboxylic acid groups (broad SMARTS) is 1. The van der Waals surface area contributed by atoms with Crippen molar-refractivity contribution >= 4 is 27.9 Å². The number of hydrogen-bond acceptors (Lipinski definition) is 4. The van der Waals surface area contributed by atoms with E-state index in [0.717, 1.165) is 16.6 Å². The molecule has 1 unspecified atom stereocenters. The van der Waals surface area contributed by atoms with Crippen molar-refractivity contribution in [2.75, 3.05) is 0 Å². The molecule has 2 heterocycles. The Bertz CT molecular complexity index is 1210. The van der Waals surface area contributed by atoms with Crippen molar-refractivity contribution in [1.82, 2.24) is 14.5 Å². The molecule has 0 bridgehead atoms. The van der Waals surface area contributed by atoms with Crippen LogP contribution < -0.4 is 4.74 Å². The molecular formula is C22H19N3O3. The maximum Gasteiger partial charge on any atom is 0.344 e. The van der Waals surface area contributed by atoms with Crippen LogP contribution in [-0.4, -0.2) is 31.7 Å². The third-order valence-corrected chi connectivity index (χ3v) is 5.22. The Balaban J connectivity index is 1.77. The SMILES string of the molecule is CC(Oc1nc2ncccc2n1-c1ccc(C2CC2)c2ccccc12)C(=O)O. The van der Waals surface area contributed by atoms with Crippen LogP contribution in [-0.2, 0) is 4.79 Å². The number of carboxylic acids is 1. The summed E-state index contributed by atoms with van der Waals surface area (Å²) in [6, 6.07) is 16.5. The Morgan fingerprint density at radius 2 is 1.93 bits per heavy atom. The van der Waals surface area contributed by atoms with Gasteiger partial charge >= 0.3 is 12.0 Å². The average molecular weight is 373 g/mol. The van der Waals surface area contributed by atoms with Crippen LogP contribution in [0, 0.1) is 0 Å². The third kappa shape index (κ3) is 2.69. The summed E-state index contributed by atoms with van der Waals surface area (Å²) in [5.74, 6) is -0.414. The first kappa shape index (κ1) is 16.7. The lowest BCUT2D eigenvalue weighted by Crippen LogP contribution is -2.24. The summed E-state index contributed by atoms with van der Waals surface area (Å²) in [5, 5.41) is 11.6. The van der Waals surface area contributed by atoms with E-state index in [4.69, 9.17) is 4.74 Å². The van der Waals surface area contributed by atoms with E-state index in [-0.39, 0.29) is 6.01 Å². The number of aromatic nitrogens is 3. The largest absolute Gasteiger partial charge is 0.479 e. The first-order valence-corrected chi connectivity index (χ1v) is 9.38. The number of ether oxygens (including phenoxy) is 1. The number of aliphatic carboxylic acids is 1. The Morgan fingerprint density at radius 3 is 2.68 bits per heavy atom. The van der Waals surface area contributed by atoms with Crippen molar-refractivity contribution in [3.63, 3.8) is 0 Å². The van der Waals surface area contributed by atoms with Gasteiger partial charge in [0.15, 0.2) is 11.8 Å². The molecule has 1 aliphatic carbocycles. The number of rotatable bonds is 5. The molecule has 1 fully saturated rings. The predicted octanol–water partition coefficient (Wildman–Crippen LogP) is 4.30. The summed E-state index contributed by atoms with van der Waals surface area (Å²) >= 11 is 0. The molecule has 6 heteroatoms. The fourth-order valence-corrected chi connectivity index (χ4v) is 3.66. The molecular weight excluding hydrogens is 354 g/mol. The minimum absolute atomic E-state index is 0.230. The van der Waals surface area contributed by atoms with Gasteiger partial charge in [0.25, 0.3) is 0 Å². The third-order valence-electron chi connectivity index (χ3n) is 5.22. The number of carbonyl (C=O) groups is 1. The highest BCUT2D eigenvalue weighted by Gasteiger charge is 2.27. The van der Waals surface area contributed by atoms with Gasteiger partial charge in [-0.05, 0) is 54.8 Å². The van der Waals surface area contributed by atoms with Gasteiger partial charge < -0.3 is 9.84 Å². The minimum atomic E-state index is -1.04. The van der Waals surface area contributed by atoms with E-state index in [2.05, 4.69) is 40.3 Å². The monoisotopic (exact) mass is 373 g/mol. The van der Waals surface area contributed by atoms with Crippen molar-refractivity contribution in [1.29, 1.82) is 0 Å². The molecule has 0 spiro atoms.